The van der Waals surface area contributed by atoms with E-state index in [-0.39, 0.29) is 16.3 Å². The average molecular weight is 434 g/mol. The normalized spacial score (nSPS) is 14.1. The van der Waals surface area contributed by atoms with Gasteiger partial charge in [-0.3, -0.25) is 0 Å². The molecule has 2 unspecified atom stereocenters. The third-order valence-corrected chi connectivity index (χ3v) is 5.44. The summed E-state index contributed by atoms with van der Waals surface area (Å²) >= 11 is 11.7. The van der Waals surface area contributed by atoms with Crippen molar-refractivity contribution in [3.63, 3.8) is 0 Å². The molecule has 146 valence electrons. The first kappa shape index (κ1) is 21.5. The van der Waals surface area contributed by atoms with Gasteiger partial charge in [0, 0.05) is 17.7 Å². The average Bonchev–Trinajstić information content (AvgIpc) is 2.65. The van der Waals surface area contributed by atoms with Gasteiger partial charge in [-0.2, -0.15) is 0 Å². The Balaban J connectivity index is 2.12. The van der Waals surface area contributed by atoms with E-state index in [1.807, 2.05) is 0 Å². The molecule has 0 saturated heterocycles. The van der Waals surface area contributed by atoms with Crippen LogP contribution in [0.1, 0.15) is 11.4 Å². The molecule has 2 rings (SSSR count). The predicted octanol–water partition coefficient (Wildman–Crippen LogP) is 3.82. The lowest BCUT2D eigenvalue weighted by Gasteiger charge is -2.30. The quantitative estimate of drug-likeness (QED) is 0.461. The van der Waals surface area contributed by atoms with Crippen molar-refractivity contribution in [3.8, 4) is 11.5 Å². The Bertz CT molecular complexity index is 842. The van der Waals surface area contributed by atoms with Gasteiger partial charge in [-0.25, -0.2) is 4.79 Å². The SMILES string of the molecule is COc1ccc(C(OC(=O)COc2ccc(Cl)cc2Cl)P(=O)([O-])OC)cc1. The molecule has 27 heavy (non-hydrogen) atoms. The fraction of sp³-hybridized carbons (Fsp3) is 0.235. The summed E-state index contributed by atoms with van der Waals surface area (Å²) in [5.41, 5.74) is 0.203. The molecule has 0 aliphatic heterocycles. The second kappa shape index (κ2) is 9.44. The van der Waals surface area contributed by atoms with Crippen LogP contribution in [0.15, 0.2) is 42.5 Å². The van der Waals surface area contributed by atoms with E-state index in [0.717, 1.165) is 7.11 Å². The van der Waals surface area contributed by atoms with Crippen molar-refractivity contribution in [2.75, 3.05) is 20.8 Å². The standard InChI is InChI=1S/C17H17Cl2O7P/c1-23-13-6-3-11(4-7-13)17(27(21,22)24-2)26-16(20)10-25-15-8-5-12(18)9-14(15)19/h3-9,17H,10H2,1-2H3,(H,21,22)/p-1. The molecule has 0 saturated carbocycles. The first-order valence-corrected chi connectivity index (χ1v) is 9.91. The highest BCUT2D eigenvalue weighted by Crippen LogP contribution is 2.53. The van der Waals surface area contributed by atoms with Gasteiger partial charge in [0.2, 0.25) is 0 Å². The van der Waals surface area contributed by atoms with Crippen LogP contribution in [0.3, 0.4) is 0 Å². The number of benzene rings is 2. The van der Waals surface area contributed by atoms with Crippen LogP contribution >= 0.6 is 30.8 Å². The number of hydrogen-bond donors (Lipinski definition) is 0. The predicted molar refractivity (Wildman–Crippen MR) is 98.4 cm³/mol. The van der Waals surface area contributed by atoms with Crippen LogP contribution in [0.4, 0.5) is 0 Å². The van der Waals surface area contributed by atoms with Crippen LogP contribution in [0.2, 0.25) is 10.0 Å². The van der Waals surface area contributed by atoms with Crippen LogP contribution in [-0.4, -0.2) is 26.8 Å². The molecule has 7 nitrogen and oxygen atoms in total. The molecular weight excluding hydrogens is 418 g/mol. The Morgan fingerprint density at radius 2 is 1.81 bits per heavy atom. The molecule has 0 fully saturated rings. The summed E-state index contributed by atoms with van der Waals surface area (Å²) in [7, 11) is -2.07. The van der Waals surface area contributed by atoms with Crippen molar-refractivity contribution in [2.24, 2.45) is 0 Å². The number of rotatable bonds is 8. The van der Waals surface area contributed by atoms with Gasteiger partial charge in [-0.1, -0.05) is 35.3 Å². The van der Waals surface area contributed by atoms with Gasteiger partial charge in [-0.05, 0) is 30.3 Å². The van der Waals surface area contributed by atoms with Crippen LogP contribution in [0.25, 0.3) is 0 Å². The van der Waals surface area contributed by atoms with E-state index in [9.17, 15) is 14.3 Å². The van der Waals surface area contributed by atoms with Crippen molar-refractivity contribution in [1.29, 1.82) is 0 Å². The molecule has 0 spiro atoms. The molecule has 0 aliphatic rings. The van der Waals surface area contributed by atoms with Gasteiger partial charge in [0.05, 0.1) is 12.1 Å². The number of hydrogen-bond acceptors (Lipinski definition) is 7. The number of ether oxygens (including phenoxy) is 3. The zero-order valence-electron chi connectivity index (χ0n) is 14.4. The molecular formula is C17H16Cl2O7P-. The summed E-state index contributed by atoms with van der Waals surface area (Å²) in [6.07, 6.45) is 0. The molecule has 0 radical (unpaired) electrons. The van der Waals surface area contributed by atoms with Crippen molar-refractivity contribution in [3.05, 3.63) is 58.1 Å². The Labute approximate surface area is 166 Å². The summed E-state index contributed by atoms with van der Waals surface area (Å²) in [5.74, 6) is -1.83. The summed E-state index contributed by atoms with van der Waals surface area (Å²) in [6, 6.07) is 10.4. The Kier molecular flexibility index (Phi) is 7.53. The van der Waals surface area contributed by atoms with Crippen molar-refractivity contribution >= 4 is 36.8 Å². The van der Waals surface area contributed by atoms with Gasteiger partial charge in [0.25, 0.3) is 0 Å². The smallest absolute Gasteiger partial charge is 0.345 e. The molecule has 2 aromatic carbocycles. The van der Waals surface area contributed by atoms with E-state index in [2.05, 4.69) is 4.52 Å². The molecule has 0 bridgehead atoms. The lowest BCUT2D eigenvalue weighted by Crippen LogP contribution is -2.22. The molecule has 0 N–H and O–H groups in total. The second-order valence-corrected chi connectivity index (χ2v) is 7.96. The third-order valence-electron chi connectivity index (χ3n) is 3.43. The summed E-state index contributed by atoms with van der Waals surface area (Å²) < 4.78 is 32.1. The highest BCUT2D eigenvalue weighted by Gasteiger charge is 2.29. The topological polar surface area (TPSA) is 94.1 Å². The Hall–Kier alpha value is -1.76. The minimum Gasteiger partial charge on any atom is -0.776 e. The van der Waals surface area contributed by atoms with Crippen LogP contribution in [-0.2, 0) is 18.6 Å². The molecule has 2 atom stereocenters. The molecule has 0 amide bonds. The maximum atomic E-state index is 12.2. The molecule has 0 aromatic heterocycles. The molecule has 2 aromatic rings. The zero-order valence-corrected chi connectivity index (χ0v) is 16.8. The minimum atomic E-state index is -4.53. The van der Waals surface area contributed by atoms with Crippen molar-refractivity contribution in [2.45, 2.75) is 5.85 Å². The first-order chi connectivity index (χ1) is 12.8. The van der Waals surface area contributed by atoms with Crippen molar-refractivity contribution in [1.82, 2.24) is 0 Å². The van der Waals surface area contributed by atoms with E-state index < -0.39 is 26.0 Å². The highest BCUT2D eigenvalue weighted by molar-refractivity contribution is 7.51. The lowest BCUT2D eigenvalue weighted by atomic mass is 10.2. The summed E-state index contributed by atoms with van der Waals surface area (Å²) in [5, 5.41) is 0.607. The Morgan fingerprint density at radius 3 is 2.37 bits per heavy atom. The fourth-order valence-corrected chi connectivity index (χ4v) is 3.51. The van der Waals surface area contributed by atoms with Gasteiger partial charge in [0.1, 0.15) is 11.5 Å². The van der Waals surface area contributed by atoms with Crippen LogP contribution < -0.4 is 14.4 Å². The van der Waals surface area contributed by atoms with Gasteiger partial charge < -0.3 is 28.2 Å². The monoisotopic (exact) mass is 433 g/mol. The van der Waals surface area contributed by atoms with Crippen LogP contribution in [0, 0.1) is 0 Å². The summed E-state index contributed by atoms with van der Waals surface area (Å²) in [6.45, 7) is -0.558. The van der Waals surface area contributed by atoms with E-state index in [1.165, 1.54) is 49.6 Å². The number of methoxy groups -OCH3 is 1. The zero-order chi connectivity index (χ0) is 20.0. The third kappa shape index (κ3) is 5.86. The van der Waals surface area contributed by atoms with E-state index in [0.29, 0.717) is 10.8 Å². The van der Waals surface area contributed by atoms with E-state index in [4.69, 9.17) is 37.4 Å². The Morgan fingerprint density at radius 1 is 1.15 bits per heavy atom. The highest BCUT2D eigenvalue weighted by atomic mass is 35.5. The van der Waals surface area contributed by atoms with Gasteiger partial charge in [-0.15, -0.1) is 0 Å². The molecule has 10 heteroatoms. The van der Waals surface area contributed by atoms with E-state index in [1.54, 1.807) is 0 Å². The molecule has 0 heterocycles. The van der Waals surface area contributed by atoms with E-state index >= 15 is 0 Å². The summed E-state index contributed by atoms with van der Waals surface area (Å²) in [4.78, 5) is 24.3. The van der Waals surface area contributed by atoms with Gasteiger partial charge >= 0.3 is 5.97 Å². The van der Waals surface area contributed by atoms with Crippen LogP contribution in [0.5, 0.6) is 11.5 Å². The maximum Gasteiger partial charge on any atom is 0.345 e. The fourth-order valence-electron chi connectivity index (χ4n) is 2.07. The number of carbonyl (C=O) groups excluding carboxylic acids is 1. The number of esters is 1. The maximum absolute atomic E-state index is 12.2. The largest absolute Gasteiger partial charge is 0.776 e. The van der Waals surface area contributed by atoms with Crippen molar-refractivity contribution < 1.29 is 33.0 Å². The van der Waals surface area contributed by atoms with Gasteiger partial charge in [0.15, 0.2) is 20.0 Å². The minimum absolute atomic E-state index is 0.202. The number of carbonyl (C=O) groups is 1. The lowest BCUT2D eigenvalue weighted by molar-refractivity contribution is -0.209. The number of halogens is 2. The molecule has 0 aliphatic carbocycles. The first-order valence-electron chi connectivity index (χ1n) is 7.54. The second-order valence-electron chi connectivity index (χ2n) is 5.20.